The molecule has 6 atom stereocenters. The number of rotatable bonds is 8. The van der Waals surface area contributed by atoms with E-state index in [4.69, 9.17) is 10.2 Å². The quantitative estimate of drug-likeness (QED) is 0.340. The Hall–Kier alpha value is -1.16. The second-order valence-electron chi connectivity index (χ2n) is 5.52. The van der Waals surface area contributed by atoms with Gasteiger partial charge in [0.2, 0.25) is 0 Å². The highest BCUT2D eigenvalue weighted by Gasteiger charge is 2.27. The van der Waals surface area contributed by atoms with Crippen molar-refractivity contribution < 1.29 is 30.6 Å². The Labute approximate surface area is 128 Å². The molecule has 1 rings (SSSR count). The second-order valence-corrected chi connectivity index (χ2v) is 5.52. The minimum Gasteiger partial charge on any atom is -0.396 e. The number of aliphatic hydroxyl groups excluding tert-OH is 6. The van der Waals surface area contributed by atoms with Crippen molar-refractivity contribution in [2.75, 3.05) is 13.2 Å². The van der Waals surface area contributed by atoms with Gasteiger partial charge in [0.05, 0.1) is 42.6 Å². The molecule has 0 radical (unpaired) electrons. The van der Waals surface area contributed by atoms with Gasteiger partial charge in [-0.15, -0.1) is 0 Å². The van der Waals surface area contributed by atoms with E-state index in [0.29, 0.717) is 0 Å². The molecular formula is C14H24N2O6. The molecule has 1 aromatic rings. The summed E-state index contributed by atoms with van der Waals surface area (Å²) in [6.45, 7) is 2.38. The van der Waals surface area contributed by atoms with Gasteiger partial charge in [-0.05, 0) is 0 Å². The average Bonchev–Trinajstić information content (AvgIpc) is 2.57. The third kappa shape index (κ3) is 4.42. The molecule has 0 saturated carbocycles. The number of hydrogen-bond donors (Lipinski definition) is 6. The summed E-state index contributed by atoms with van der Waals surface area (Å²) in [6.07, 6.45) is -2.25. The van der Waals surface area contributed by atoms with Gasteiger partial charge in [-0.2, -0.15) is 0 Å². The third-order valence-corrected chi connectivity index (χ3v) is 3.78. The minimum atomic E-state index is -1.30. The summed E-state index contributed by atoms with van der Waals surface area (Å²) in [6, 6.07) is 0. The highest BCUT2D eigenvalue weighted by Crippen LogP contribution is 2.24. The van der Waals surface area contributed by atoms with Gasteiger partial charge in [0.15, 0.2) is 0 Å². The molecular weight excluding hydrogens is 292 g/mol. The Morgan fingerprint density at radius 2 is 1.36 bits per heavy atom. The zero-order valence-electron chi connectivity index (χ0n) is 12.6. The van der Waals surface area contributed by atoms with Gasteiger partial charge in [-0.1, -0.05) is 13.8 Å². The Morgan fingerprint density at radius 3 is 1.77 bits per heavy atom. The zero-order chi connectivity index (χ0) is 16.9. The molecule has 0 aliphatic rings. The first-order valence-corrected chi connectivity index (χ1v) is 7.09. The molecule has 6 unspecified atom stereocenters. The van der Waals surface area contributed by atoms with Gasteiger partial charge in [-0.25, -0.2) is 0 Å². The summed E-state index contributed by atoms with van der Waals surface area (Å²) in [5.41, 5.74) is 0.291. The molecule has 0 aromatic carbocycles. The molecule has 8 nitrogen and oxygen atoms in total. The fraction of sp³-hybridized carbons (Fsp3) is 0.714. The molecule has 0 amide bonds. The van der Waals surface area contributed by atoms with Crippen molar-refractivity contribution in [3.05, 3.63) is 23.8 Å². The van der Waals surface area contributed by atoms with Crippen LogP contribution in [0.25, 0.3) is 0 Å². The van der Waals surface area contributed by atoms with Crippen molar-refractivity contribution >= 4 is 0 Å². The molecule has 0 bridgehead atoms. The van der Waals surface area contributed by atoms with Crippen LogP contribution in [-0.2, 0) is 0 Å². The Kier molecular flexibility index (Phi) is 7.27. The number of aliphatic hydroxyl groups is 6. The monoisotopic (exact) mass is 316 g/mol. The maximum atomic E-state index is 10.0. The first-order valence-electron chi connectivity index (χ1n) is 7.09. The van der Waals surface area contributed by atoms with Crippen molar-refractivity contribution in [3.8, 4) is 0 Å². The molecule has 0 fully saturated rings. The molecule has 22 heavy (non-hydrogen) atoms. The highest BCUT2D eigenvalue weighted by molar-refractivity contribution is 5.09. The smallest absolute Gasteiger partial charge is 0.124 e. The summed E-state index contributed by atoms with van der Waals surface area (Å²) in [5.74, 6) is -1.17. The predicted molar refractivity (Wildman–Crippen MR) is 76.5 cm³/mol. The first-order chi connectivity index (χ1) is 10.3. The Bertz CT molecular complexity index is 402. The molecule has 0 saturated heterocycles. The Morgan fingerprint density at radius 1 is 0.864 bits per heavy atom. The Balaban J connectivity index is 2.82. The average molecular weight is 316 g/mol. The molecule has 1 aromatic heterocycles. The standard InChI is InChI=1S/C14H24N2O6/c1-7(5-17)12(20)14(22)10-4-15-9(3-16-10)13(21)8(2)11(19)6-18/h3-4,7-8,11-14,17-22H,5-6H2,1-2H3. The predicted octanol–water partition coefficient (Wildman–Crippen LogP) is -1.48. The number of aromatic nitrogens is 2. The maximum Gasteiger partial charge on any atom is 0.124 e. The van der Waals surface area contributed by atoms with E-state index in [1.165, 1.54) is 12.4 Å². The largest absolute Gasteiger partial charge is 0.396 e. The number of hydrogen-bond acceptors (Lipinski definition) is 8. The molecule has 1 heterocycles. The lowest BCUT2D eigenvalue weighted by atomic mass is 9.96. The van der Waals surface area contributed by atoms with Crippen LogP contribution >= 0.6 is 0 Å². The van der Waals surface area contributed by atoms with E-state index in [2.05, 4.69) is 9.97 Å². The first kappa shape index (κ1) is 18.9. The summed E-state index contributed by atoms with van der Waals surface area (Å²) >= 11 is 0. The minimum absolute atomic E-state index is 0.110. The summed E-state index contributed by atoms with van der Waals surface area (Å²) < 4.78 is 0. The zero-order valence-corrected chi connectivity index (χ0v) is 12.6. The van der Waals surface area contributed by atoms with E-state index < -0.39 is 42.9 Å². The van der Waals surface area contributed by atoms with E-state index in [9.17, 15) is 20.4 Å². The molecule has 8 heteroatoms. The fourth-order valence-corrected chi connectivity index (χ4v) is 1.89. The highest BCUT2D eigenvalue weighted by atomic mass is 16.3. The lowest BCUT2D eigenvalue weighted by Crippen LogP contribution is -2.29. The van der Waals surface area contributed by atoms with E-state index in [0.717, 1.165) is 0 Å². The van der Waals surface area contributed by atoms with Crippen molar-refractivity contribution in [1.82, 2.24) is 9.97 Å². The molecule has 0 spiro atoms. The van der Waals surface area contributed by atoms with Crippen LogP contribution in [0.3, 0.4) is 0 Å². The van der Waals surface area contributed by atoms with Crippen LogP contribution in [0.1, 0.15) is 37.4 Å². The summed E-state index contributed by atoms with van der Waals surface area (Å²) in [7, 11) is 0. The van der Waals surface area contributed by atoms with Crippen LogP contribution in [0, 0.1) is 11.8 Å². The van der Waals surface area contributed by atoms with Gasteiger partial charge in [0.1, 0.15) is 12.2 Å². The van der Waals surface area contributed by atoms with Crippen molar-refractivity contribution in [3.63, 3.8) is 0 Å². The van der Waals surface area contributed by atoms with E-state index in [1.54, 1.807) is 13.8 Å². The maximum absolute atomic E-state index is 10.0. The van der Waals surface area contributed by atoms with Crippen molar-refractivity contribution in [2.24, 2.45) is 11.8 Å². The van der Waals surface area contributed by atoms with Crippen LogP contribution in [0.4, 0.5) is 0 Å². The van der Waals surface area contributed by atoms with Gasteiger partial charge in [0.25, 0.3) is 0 Å². The molecule has 0 aliphatic heterocycles. The van der Waals surface area contributed by atoms with Crippen LogP contribution in [0.5, 0.6) is 0 Å². The van der Waals surface area contributed by atoms with Gasteiger partial charge in [-0.3, -0.25) is 9.97 Å². The lowest BCUT2D eigenvalue weighted by molar-refractivity contribution is -0.0305. The van der Waals surface area contributed by atoms with Gasteiger partial charge in [0, 0.05) is 18.4 Å². The van der Waals surface area contributed by atoms with E-state index >= 15 is 0 Å². The van der Waals surface area contributed by atoms with Crippen LogP contribution in [0.2, 0.25) is 0 Å². The lowest BCUT2D eigenvalue weighted by Gasteiger charge is -2.23. The van der Waals surface area contributed by atoms with E-state index in [1.807, 2.05) is 0 Å². The topological polar surface area (TPSA) is 147 Å². The fourth-order valence-electron chi connectivity index (χ4n) is 1.89. The van der Waals surface area contributed by atoms with E-state index in [-0.39, 0.29) is 18.0 Å². The normalized spacial score (nSPS) is 20.0. The van der Waals surface area contributed by atoms with Crippen LogP contribution < -0.4 is 0 Å². The van der Waals surface area contributed by atoms with Crippen molar-refractivity contribution in [1.29, 1.82) is 0 Å². The van der Waals surface area contributed by atoms with Crippen LogP contribution in [0.15, 0.2) is 12.4 Å². The van der Waals surface area contributed by atoms with Crippen molar-refractivity contribution in [2.45, 2.75) is 38.3 Å². The third-order valence-electron chi connectivity index (χ3n) is 3.78. The molecule has 126 valence electrons. The van der Waals surface area contributed by atoms with Crippen LogP contribution in [-0.4, -0.2) is 66.0 Å². The van der Waals surface area contributed by atoms with Gasteiger partial charge < -0.3 is 30.6 Å². The SMILES string of the molecule is CC(CO)C(O)C(O)c1cnc(C(O)C(C)C(O)CO)cn1. The molecule has 6 N–H and O–H groups in total. The molecule has 0 aliphatic carbocycles. The summed E-state index contributed by atoms with van der Waals surface area (Å²) in [4.78, 5) is 7.91. The second kappa shape index (κ2) is 8.47. The van der Waals surface area contributed by atoms with Gasteiger partial charge >= 0.3 is 0 Å². The number of nitrogens with zero attached hydrogens (tertiary/aromatic N) is 2. The summed E-state index contributed by atoms with van der Waals surface area (Å²) in [5, 5.41) is 57.2.